The minimum Gasteiger partial charge on any atom is -0.497 e. The lowest BCUT2D eigenvalue weighted by Crippen LogP contribution is -2.28. The first kappa shape index (κ1) is 12.4. The topological polar surface area (TPSA) is 21.3 Å². The third kappa shape index (κ3) is 3.74. The molecule has 0 saturated heterocycles. The van der Waals surface area contributed by atoms with E-state index < -0.39 is 0 Å². The number of ether oxygens (including phenoxy) is 1. The van der Waals surface area contributed by atoms with Gasteiger partial charge < -0.3 is 10.1 Å². The number of hydrogen-bond donors (Lipinski definition) is 1. The lowest BCUT2D eigenvalue weighted by molar-refractivity contribution is 0.414. The largest absolute Gasteiger partial charge is 0.497 e. The number of rotatable bonds is 5. The van der Waals surface area contributed by atoms with Gasteiger partial charge in [0.1, 0.15) is 5.75 Å². The summed E-state index contributed by atoms with van der Waals surface area (Å²) in [6, 6.07) is 9.12. The summed E-state index contributed by atoms with van der Waals surface area (Å²) in [7, 11) is 1.71. The van der Waals surface area contributed by atoms with Crippen LogP contribution in [-0.2, 0) is 6.42 Å². The predicted molar refractivity (Wildman–Crippen MR) is 71.5 cm³/mol. The molecular weight excluding hydrogens is 210 g/mol. The Morgan fingerprint density at radius 1 is 1.24 bits per heavy atom. The van der Waals surface area contributed by atoms with Gasteiger partial charge in [-0.2, -0.15) is 0 Å². The van der Waals surface area contributed by atoms with E-state index in [-0.39, 0.29) is 0 Å². The maximum Gasteiger partial charge on any atom is 0.118 e. The SMILES string of the molecule is COc1ccc(CCN[C@@H]2CC[C@@H](C)C2)cc1. The molecule has 0 bridgehead atoms. The molecule has 0 radical (unpaired) electrons. The lowest BCUT2D eigenvalue weighted by Gasteiger charge is -2.12. The van der Waals surface area contributed by atoms with E-state index in [1.54, 1.807) is 7.11 Å². The van der Waals surface area contributed by atoms with Gasteiger partial charge in [-0.3, -0.25) is 0 Å². The molecule has 1 N–H and O–H groups in total. The molecule has 1 aliphatic carbocycles. The van der Waals surface area contributed by atoms with Crippen molar-refractivity contribution in [1.82, 2.24) is 5.32 Å². The van der Waals surface area contributed by atoms with Crippen molar-refractivity contribution in [3.8, 4) is 5.75 Å². The second-order valence-corrected chi connectivity index (χ2v) is 5.17. The van der Waals surface area contributed by atoms with Crippen LogP contribution in [0.5, 0.6) is 5.75 Å². The Labute approximate surface area is 104 Å². The molecule has 1 aliphatic rings. The summed E-state index contributed by atoms with van der Waals surface area (Å²) < 4.78 is 5.15. The van der Waals surface area contributed by atoms with Crippen LogP contribution in [0.3, 0.4) is 0 Å². The minimum atomic E-state index is 0.753. The van der Waals surface area contributed by atoms with Crippen LogP contribution in [-0.4, -0.2) is 19.7 Å². The van der Waals surface area contributed by atoms with Gasteiger partial charge in [0, 0.05) is 6.04 Å². The number of nitrogens with one attached hydrogen (secondary N) is 1. The minimum absolute atomic E-state index is 0.753. The van der Waals surface area contributed by atoms with Crippen LogP contribution in [0.2, 0.25) is 0 Å². The number of hydrogen-bond acceptors (Lipinski definition) is 2. The van der Waals surface area contributed by atoms with Gasteiger partial charge in [0.25, 0.3) is 0 Å². The average molecular weight is 233 g/mol. The van der Waals surface area contributed by atoms with Crippen molar-refractivity contribution in [2.75, 3.05) is 13.7 Å². The Morgan fingerprint density at radius 2 is 2.00 bits per heavy atom. The Hall–Kier alpha value is -1.02. The van der Waals surface area contributed by atoms with E-state index in [0.717, 1.165) is 30.7 Å². The van der Waals surface area contributed by atoms with Gasteiger partial charge in [0.2, 0.25) is 0 Å². The second kappa shape index (κ2) is 6.06. The van der Waals surface area contributed by atoms with Gasteiger partial charge in [-0.25, -0.2) is 0 Å². The smallest absolute Gasteiger partial charge is 0.118 e. The van der Waals surface area contributed by atoms with E-state index in [0.29, 0.717) is 0 Å². The molecule has 1 aromatic rings. The molecule has 0 aliphatic heterocycles. The van der Waals surface area contributed by atoms with Crippen LogP contribution < -0.4 is 10.1 Å². The van der Waals surface area contributed by atoms with Crippen LogP contribution in [0.15, 0.2) is 24.3 Å². The van der Waals surface area contributed by atoms with E-state index in [2.05, 4.69) is 24.4 Å². The van der Waals surface area contributed by atoms with E-state index in [9.17, 15) is 0 Å². The third-order valence-corrected chi connectivity index (χ3v) is 3.70. The Bertz CT molecular complexity index is 333. The highest BCUT2D eigenvalue weighted by Crippen LogP contribution is 2.24. The van der Waals surface area contributed by atoms with Crippen molar-refractivity contribution in [1.29, 1.82) is 0 Å². The molecule has 17 heavy (non-hydrogen) atoms. The maximum absolute atomic E-state index is 5.15. The monoisotopic (exact) mass is 233 g/mol. The fourth-order valence-electron chi connectivity index (χ4n) is 2.61. The predicted octanol–water partition coefficient (Wildman–Crippen LogP) is 3.02. The van der Waals surface area contributed by atoms with Crippen molar-refractivity contribution in [2.45, 2.75) is 38.6 Å². The normalized spacial score (nSPS) is 23.9. The van der Waals surface area contributed by atoms with E-state index in [1.165, 1.54) is 24.8 Å². The first-order valence-corrected chi connectivity index (χ1v) is 6.64. The van der Waals surface area contributed by atoms with E-state index in [4.69, 9.17) is 4.74 Å². The summed E-state index contributed by atoms with van der Waals surface area (Å²) in [5, 5.41) is 3.66. The van der Waals surface area contributed by atoms with Gasteiger partial charge >= 0.3 is 0 Å². The van der Waals surface area contributed by atoms with Gasteiger partial charge in [-0.1, -0.05) is 19.1 Å². The molecule has 1 aromatic carbocycles. The van der Waals surface area contributed by atoms with Gasteiger partial charge in [-0.15, -0.1) is 0 Å². The molecule has 0 aromatic heterocycles. The lowest BCUT2D eigenvalue weighted by atomic mass is 10.1. The second-order valence-electron chi connectivity index (χ2n) is 5.17. The summed E-state index contributed by atoms with van der Waals surface area (Å²) in [6.45, 7) is 3.44. The Morgan fingerprint density at radius 3 is 2.59 bits per heavy atom. The first-order chi connectivity index (χ1) is 8.28. The zero-order valence-corrected chi connectivity index (χ0v) is 10.9. The summed E-state index contributed by atoms with van der Waals surface area (Å²) in [4.78, 5) is 0. The summed E-state index contributed by atoms with van der Waals surface area (Å²) in [5.41, 5.74) is 1.38. The van der Waals surface area contributed by atoms with Crippen LogP contribution in [0.25, 0.3) is 0 Å². The van der Waals surface area contributed by atoms with Crippen molar-refractivity contribution < 1.29 is 4.74 Å². The molecular formula is C15H23NO. The van der Waals surface area contributed by atoms with E-state index in [1.807, 2.05) is 12.1 Å². The molecule has 2 rings (SSSR count). The van der Waals surface area contributed by atoms with Gasteiger partial charge in [0.15, 0.2) is 0 Å². The molecule has 1 saturated carbocycles. The quantitative estimate of drug-likeness (QED) is 0.844. The van der Waals surface area contributed by atoms with Crippen LogP contribution >= 0.6 is 0 Å². The molecule has 0 heterocycles. The standard InChI is InChI=1S/C15H23NO/c1-12-3-6-14(11-12)16-10-9-13-4-7-15(17-2)8-5-13/h4-5,7-8,12,14,16H,3,6,9-11H2,1-2H3/t12-,14-/m1/s1. The Balaban J connectivity index is 1.70. The molecule has 0 amide bonds. The molecule has 2 atom stereocenters. The fourth-order valence-corrected chi connectivity index (χ4v) is 2.61. The van der Waals surface area contributed by atoms with E-state index >= 15 is 0 Å². The van der Waals surface area contributed by atoms with Crippen LogP contribution in [0, 0.1) is 5.92 Å². The molecule has 2 heteroatoms. The van der Waals surface area contributed by atoms with Crippen molar-refractivity contribution in [3.63, 3.8) is 0 Å². The highest BCUT2D eigenvalue weighted by atomic mass is 16.5. The molecule has 94 valence electrons. The van der Waals surface area contributed by atoms with Crippen molar-refractivity contribution in [3.05, 3.63) is 29.8 Å². The molecule has 1 fully saturated rings. The summed E-state index contributed by atoms with van der Waals surface area (Å²) in [6.07, 6.45) is 5.20. The number of methoxy groups -OCH3 is 1. The highest BCUT2D eigenvalue weighted by molar-refractivity contribution is 5.27. The summed E-state index contributed by atoms with van der Waals surface area (Å²) in [5.74, 6) is 1.85. The van der Waals surface area contributed by atoms with Gasteiger partial charge in [-0.05, 0) is 55.8 Å². The van der Waals surface area contributed by atoms with Crippen molar-refractivity contribution >= 4 is 0 Å². The fraction of sp³-hybridized carbons (Fsp3) is 0.600. The average Bonchev–Trinajstić information content (AvgIpc) is 2.76. The molecule has 2 nitrogen and oxygen atoms in total. The maximum atomic E-state index is 5.15. The number of benzene rings is 1. The van der Waals surface area contributed by atoms with Crippen LogP contribution in [0.1, 0.15) is 31.7 Å². The first-order valence-electron chi connectivity index (χ1n) is 6.64. The van der Waals surface area contributed by atoms with Crippen LogP contribution in [0.4, 0.5) is 0 Å². The zero-order chi connectivity index (χ0) is 12.1. The molecule has 0 unspecified atom stereocenters. The third-order valence-electron chi connectivity index (χ3n) is 3.70. The zero-order valence-electron chi connectivity index (χ0n) is 10.9. The van der Waals surface area contributed by atoms with Crippen molar-refractivity contribution in [2.24, 2.45) is 5.92 Å². The molecule has 0 spiro atoms. The van der Waals surface area contributed by atoms with Gasteiger partial charge in [0.05, 0.1) is 7.11 Å². The Kier molecular flexibility index (Phi) is 4.43. The highest BCUT2D eigenvalue weighted by Gasteiger charge is 2.19. The summed E-state index contributed by atoms with van der Waals surface area (Å²) >= 11 is 0.